The average molecular weight is 494 g/mol. The van der Waals surface area contributed by atoms with Gasteiger partial charge in [-0.05, 0) is 37.1 Å². The van der Waals surface area contributed by atoms with Gasteiger partial charge in [0, 0.05) is 43.3 Å². The van der Waals surface area contributed by atoms with E-state index in [1.807, 2.05) is 6.08 Å². The minimum Gasteiger partial charge on any atom is -0.480 e. The van der Waals surface area contributed by atoms with Crippen LogP contribution in [0.5, 0.6) is 5.75 Å². The van der Waals surface area contributed by atoms with Crippen LogP contribution in [0.3, 0.4) is 0 Å². The number of rotatable bonds is 6. The van der Waals surface area contributed by atoms with Crippen molar-refractivity contribution in [1.29, 1.82) is 0 Å². The van der Waals surface area contributed by atoms with Gasteiger partial charge in [-0.3, -0.25) is 4.79 Å². The number of hydrogen-bond acceptors (Lipinski definition) is 7. The molecule has 9 heteroatoms. The molecule has 2 aromatic rings. The first-order chi connectivity index (χ1) is 17.1. The molecule has 4 aliphatic heterocycles. The number of para-hydroxylation sites is 1. The fraction of sp³-hybridized carbons (Fsp3) is 0.423. The summed E-state index contributed by atoms with van der Waals surface area (Å²) in [6, 6.07) is 8.43. The van der Waals surface area contributed by atoms with Gasteiger partial charge in [0.25, 0.3) is 5.91 Å². The van der Waals surface area contributed by atoms with Crippen LogP contribution in [0.2, 0.25) is 5.02 Å². The number of carbonyl (C=O) groups is 2. The van der Waals surface area contributed by atoms with Crippen molar-refractivity contribution in [1.82, 2.24) is 15.2 Å². The maximum Gasteiger partial charge on any atom is 0.263 e. The Balaban J connectivity index is 1.04. The number of anilines is 2. The number of fused-ring (bicyclic) bond motifs is 1. The van der Waals surface area contributed by atoms with E-state index < -0.39 is 0 Å². The zero-order valence-electron chi connectivity index (χ0n) is 19.4. The van der Waals surface area contributed by atoms with Crippen molar-refractivity contribution in [2.24, 2.45) is 0 Å². The van der Waals surface area contributed by atoms with Gasteiger partial charge in [-0.1, -0.05) is 42.0 Å². The van der Waals surface area contributed by atoms with E-state index in [0.29, 0.717) is 40.8 Å². The summed E-state index contributed by atoms with van der Waals surface area (Å²) in [5, 5.41) is 6.86. The van der Waals surface area contributed by atoms with Crippen molar-refractivity contribution in [2.75, 3.05) is 43.0 Å². The highest BCUT2D eigenvalue weighted by atomic mass is 35.5. The third-order valence-corrected chi connectivity index (χ3v) is 7.80. The van der Waals surface area contributed by atoms with Crippen LogP contribution >= 0.6 is 11.6 Å². The highest BCUT2D eigenvalue weighted by Gasteiger charge is 2.36. The predicted octanol–water partition coefficient (Wildman–Crippen LogP) is 2.82. The van der Waals surface area contributed by atoms with Crippen LogP contribution in [-0.2, 0) is 16.1 Å². The number of pyridine rings is 1. The molecule has 5 heterocycles. The van der Waals surface area contributed by atoms with Crippen LogP contribution in [0.25, 0.3) is 6.08 Å². The van der Waals surface area contributed by atoms with Gasteiger partial charge in [0.05, 0.1) is 10.7 Å². The first-order valence-corrected chi connectivity index (χ1v) is 12.6. The number of nitrogens with one attached hydrogen (secondary N) is 2. The Kier molecular flexibility index (Phi) is 5.96. The highest BCUT2D eigenvalue weighted by Crippen LogP contribution is 2.43. The van der Waals surface area contributed by atoms with Crippen molar-refractivity contribution in [3.8, 4) is 5.75 Å². The molecule has 1 amide bonds. The molecule has 35 heavy (non-hydrogen) atoms. The number of carbonyl (C=O) groups excluding carboxylic acids is 2. The van der Waals surface area contributed by atoms with E-state index in [-0.39, 0.29) is 18.6 Å². The first-order valence-electron chi connectivity index (χ1n) is 12.2. The lowest BCUT2D eigenvalue weighted by atomic mass is 9.96. The number of ether oxygens (including phenoxy) is 1. The summed E-state index contributed by atoms with van der Waals surface area (Å²) in [4.78, 5) is 32.5. The molecule has 4 aliphatic rings. The summed E-state index contributed by atoms with van der Waals surface area (Å²) in [5.74, 6) is 1.15. The van der Waals surface area contributed by atoms with E-state index >= 15 is 0 Å². The molecule has 182 valence electrons. The Labute approximate surface area is 209 Å². The molecule has 2 unspecified atom stereocenters. The molecule has 1 aromatic heterocycles. The van der Waals surface area contributed by atoms with Gasteiger partial charge < -0.3 is 30.0 Å². The maximum atomic E-state index is 11.6. The molecule has 8 nitrogen and oxygen atoms in total. The number of halogens is 1. The summed E-state index contributed by atoms with van der Waals surface area (Å²) in [7, 11) is 0. The number of aromatic nitrogens is 1. The zero-order valence-corrected chi connectivity index (χ0v) is 20.1. The topological polar surface area (TPSA) is 86.8 Å². The van der Waals surface area contributed by atoms with Crippen molar-refractivity contribution in [3.63, 3.8) is 0 Å². The van der Waals surface area contributed by atoms with E-state index in [1.54, 1.807) is 6.07 Å². The molecular formula is C26H28ClN5O3. The number of benzene rings is 1. The van der Waals surface area contributed by atoms with Gasteiger partial charge >= 0.3 is 0 Å². The molecule has 0 aliphatic carbocycles. The van der Waals surface area contributed by atoms with E-state index in [2.05, 4.69) is 49.7 Å². The van der Waals surface area contributed by atoms with Crippen molar-refractivity contribution in [2.45, 2.75) is 37.4 Å². The molecule has 0 spiro atoms. The predicted molar refractivity (Wildman–Crippen MR) is 135 cm³/mol. The van der Waals surface area contributed by atoms with Crippen LogP contribution < -0.4 is 20.3 Å². The molecule has 1 fully saturated rings. The number of nitrogens with zero attached hydrogens (tertiary/aromatic N) is 3. The number of piperidine rings is 1. The number of amides is 1. The molecule has 0 radical (unpaired) electrons. The standard InChI is InChI=1S/C26H28ClN5O3/c27-21-10-23-26(30-24(34)15-35-23)29-22(21)11-28-18-6-8-31(9-7-18)12-17-13-32-19(14-33)5-4-16-2-1-3-20(17)25(16)32/h1-5,10,14,17-19,28H,6-9,11-13,15H2,(H,29,30,34). The number of likely N-dealkylation sites (tertiary alicyclic amines) is 1. The fourth-order valence-electron chi connectivity index (χ4n) is 5.67. The van der Waals surface area contributed by atoms with E-state index in [0.717, 1.165) is 45.3 Å². The summed E-state index contributed by atoms with van der Waals surface area (Å²) >= 11 is 6.40. The first kappa shape index (κ1) is 22.5. The summed E-state index contributed by atoms with van der Waals surface area (Å²) in [5.41, 5.74) is 4.53. The van der Waals surface area contributed by atoms with Gasteiger partial charge in [-0.2, -0.15) is 0 Å². The van der Waals surface area contributed by atoms with Crippen molar-refractivity contribution >= 4 is 41.4 Å². The Hall–Kier alpha value is -2.94. The normalized spacial score (nSPS) is 23.5. The fourth-order valence-corrected chi connectivity index (χ4v) is 5.88. The van der Waals surface area contributed by atoms with Gasteiger partial charge in [0.2, 0.25) is 0 Å². The van der Waals surface area contributed by atoms with Crippen LogP contribution in [-0.4, -0.2) is 66.9 Å². The lowest BCUT2D eigenvalue weighted by molar-refractivity contribution is -0.118. The number of hydrogen-bond donors (Lipinski definition) is 2. The van der Waals surface area contributed by atoms with E-state index in [9.17, 15) is 9.59 Å². The van der Waals surface area contributed by atoms with Crippen LogP contribution in [0.4, 0.5) is 11.5 Å². The van der Waals surface area contributed by atoms with E-state index in [1.165, 1.54) is 16.8 Å². The summed E-state index contributed by atoms with van der Waals surface area (Å²) < 4.78 is 5.38. The SMILES string of the molecule is O=CC1C=Cc2cccc3c2N1CC3CN1CCC(NCc2nc3c(cc2Cl)OCC(=O)N3)CC1. The second-order valence-corrected chi connectivity index (χ2v) is 10.1. The lowest BCUT2D eigenvalue weighted by Crippen LogP contribution is -2.44. The lowest BCUT2D eigenvalue weighted by Gasteiger charge is -2.34. The molecule has 1 saturated heterocycles. The number of aldehydes is 1. The smallest absolute Gasteiger partial charge is 0.263 e. The third kappa shape index (κ3) is 4.30. The van der Waals surface area contributed by atoms with Crippen molar-refractivity contribution in [3.05, 3.63) is 52.2 Å². The quantitative estimate of drug-likeness (QED) is 0.598. The van der Waals surface area contributed by atoms with Crippen LogP contribution in [0, 0.1) is 0 Å². The van der Waals surface area contributed by atoms with Crippen LogP contribution in [0.15, 0.2) is 30.3 Å². The van der Waals surface area contributed by atoms with Gasteiger partial charge in [0.1, 0.15) is 12.3 Å². The minimum absolute atomic E-state index is 0.0125. The largest absolute Gasteiger partial charge is 0.480 e. The molecule has 6 rings (SSSR count). The Morgan fingerprint density at radius 2 is 2.14 bits per heavy atom. The summed E-state index contributed by atoms with van der Waals surface area (Å²) in [6.07, 6.45) is 7.22. The monoisotopic (exact) mass is 493 g/mol. The zero-order chi connectivity index (χ0) is 23.9. The molecular weight excluding hydrogens is 466 g/mol. The molecule has 0 saturated carbocycles. The second-order valence-electron chi connectivity index (χ2n) is 9.68. The second kappa shape index (κ2) is 9.26. The Morgan fingerprint density at radius 1 is 1.29 bits per heavy atom. The highest BCUT2D eigenvalue weighted by molar-refractivity contribution is 6.31. The van der Waals surface area contributed by atoms with Crippen LogP contribution in [0.1, 0.15) is 35.6 Å². The van der Waals surface area contributed by atoms with Crippen molar-refractivity contribution < 1.29 is 14.3 Å². The minimum atomic E-state index is -0.206. The van der Waals surface area contributed by atoms with Gasteiger partial charge in [-0.25, -0.2) is 4.98 Å². The molecule has 1 aromatic carbocycles. The van der Waals surface area contributed by atoms with Gasteiger partial charge in [-0.15, -0.1) is 0 Å². The summed E-state index contributed by atoms with van der Waals surface area (Å²) in [6.45, 7) is 4.47. The Bertz CT molecular complexity index is 1190. The van der Waals surface area contributed by atoms with Gasteiger partial charge in [0.15, 0.2) is 18.2 Å². The third-order valence-electron chi connectivity index (χ3n) is 7.47. The maximum absolute atomic E-state index is 11.6. The Morgan fingerprint density at radius 3 is 2.97 bits per heavy atom. The average Bonchev–Trinajstić information content (AvgIpc) is 3.24. The van der Waals surface area contributed by atoms with E-state index in [4.69, 9.17) is 16.3 Å². The molecule has 2 N–H and O–H groups in total. The molecule has 2 atom stereocenters. The molecule has 0 bridgehead atoms.